The van der Waals surface area contributed by atoms with E-state index in [1.54, 1.807) is 31.3 Å². The van der Waals surface area contributed by atoms with Gasteiger partial charge in [-0.1, -0.05) is 17.7 Å². The molecule has 0 aliphatic carbocycles. The smallest absolute Gasteiger partial charge is 0.251 e. The Morgan fingerprint density at radius 1 is 1.04 bits per heavy atom. The normalized spacial score (nSPS) is 14.7. The van der Waals surface area contributed by atoms with Crippen LogP contribution in [0.25, 0.3) is 0 Å². The van der Waals surface area contributed by atoms with Gasteiger partial charge in [0.1, 0.15) is 0 Å². The van der Waals surface area contributed by atoms with Crippen LogP contribution in [0.5, 0.6) is 0 Å². The van der Waals surface area contributed by atoms with E-state index in [1.165, 1.54) is 0 Å². The fourth-order valence-electron chi connectivity index (χ4n) is 3.09. The monoisotopic (exact) mass is 386 g/mol. The van der Waals surface area contributed by atoms with E-state index in [0.717, 1.165) is 36.9 Å². The van der Waals surface area contributed by atoms with E-state index in [1.807, 2.05) is 18.2 Å². The zero-order valence-electron chi connectivity index (χ0n) is 15.2. The number of piperazine rings is 1. The Morgan fingerprint density at radius 3 is 2.37 bits per heavy atom. The standard InChI is InChI=1S/C20H23ClN4O2/c1-22-20(27)15-5-7-17(8-6-15)23-19(26)14-24-9-11-25(12-10-24)18-4-2-3-16(21)13-18/h2-8,13H,9-12,14H2,1H3,(H,22,27)(H,23,26). The number of carbonyl (C=O) groups is 2. The summed E-state index contributed by atoms with van der Waals surface area (Å²) >= 11 is 6.06. The van der Waals surface area contributed by atoms with Crippen molar-refractivity contribution in [2.24, 2.45) is 0 Å². The molecule has 1 aliphatic rings. The molecule has 1 fully saturated rings. The van der Waals surface area contributed by atoms with Crippen LogP contribution in [0.15, 0.2) is 48.5 Å². The van der Waals surface area contributed by atoms with Gasteiger partial charge in [-0.25, -0.2) is 0 Å². The van der Waals surface area contributed by atoms with Crippen molar-refractivity contribution < 1.29 is 9.59 Å². The Hall–Kier alpha value is -2.57. The molecule has 0 bridgehead atoms. The fourth-order valence-corrected chi connectivity index (χ4v) is 3.27. The van der Waals surface area contributed by atoms with Crippen molar-refractivity contribution >= 4 is 34.8 Å². The SMILES string of the molecule is CNC(=O)c1ccc(NC(=O)CN2CCN(c3cccc(Cl)c3)CC2)cc1. The molecule has 7 heteroatoms. The average Bonchev–Trinajstić information content (AvgIpc) is 2.68. The molecule has 27 heavy (non-hydrogen) atoms. The summed E-state index contributed by atoms with van der Waals surface area (Å²) in [6.45, 7) is 3.69. The van der Waals surface area contributed by atoms with Gasteiger partial charge in [0, 0.05) is 55.2 Å². The third-order valence-electron chi connectivity index (χ3n) is 4.57. The minimum Gasteiger partial charge on any atom is -0.369 e. The van der Waals surface area contributed by atoms with Gasteiger partial charge >= 0.3 is 0 Å². The molecule has 1 heterocycles. The highest BCUT2D eigenvalue weighted by molar-refractivity contribution is 6.30. The van der Waals surface area contributed by atoms with Crippen LogP contribution in [-0.2, 0) is 4.79 Å². The van der Waals surface area contributed by atoms with Crippen LogP contribution in [0.4, 0.5) is 11.4 Å². The van der Waals surface area contributed by atoms with Gasteiger partial charge in [-0.2, -0.15) is 0 Å². The lowest BCUT2D eigenvalue weighted by Crippen LogP contribution is -2.48. The summed E-state index contributed by atoms with van der Waals surface area (Å²) < 4.78 is 0. The third kappa shape index (κ3) is 5.21. The Morgan fingerprint density at radius 2 is 1.74 bits per heavy atom. The van der Waals surface area contributed by atoms with Crippen molar-refractivity contribution in [3.63, 3.8) is 0 Å². The highest BCUT2D eigenvalue weighted by Crippen LogP contribution is 2.20. The highest BCUT2D eigenvalue weighted by Gasteiger charge is 2.19. The van der Waals surface area contributed by atoms with Crippen LogP contribution in [0, 0.1) is 0 Å². The highest BCUT2D eigenvalue weighted by atomic mass is 35.5. The first kappa shape index (κ1) is 19.2. The maximum Gasteiger partial charge on any atom is 0.251 e. The van der Waals surface area contributed by atoms with Gasteiger partial charge in [0.2, 0.25) is 5.91 Å². The summed E-state index contributed by atoms with van der Waals surface area (Å²) in [5.74, 6) is -0.204. The number of nitrogens with one attached hydrogen (secondary N) is 2. The zero-order valence-corrected chi connectivity index (χ0v) is 16.0. The molecular weight excluding hydrogens is 364 g/mol. The van der Waals surface area contributed by atoms with E-state index < -0.39 is 0 Å². The Kier molecular flexibility index (Phi) is 6.32. The molecule has 2 aromatic carbocycles. The molecule has 3 rings (SSSR count). The molecule has 0 saturated carbocycles. The fraction of sp³-hybridized carbons (Fsp3) is 0.300. The van der Waals surface area contributed by atoms with Crippen LogP contribution in [0.1, 0.15) is 10.4 Å². The van der Waals surface area contributed by atoms with Gasteiger partial charge in [0.05, 0.1) is 6.54 Å². The van der Waals surface area contributed by atoms with Gasteiger partial charge < -0.3 is 15.5 Å². The van der Waals surface area contributed by atoms with Crippen molar-refractivity contribution in [1.29, 1.82) is 0 Å². The second-order valence-electron chi connectivity index (χ2n) is 6.45. The van der Waals surface area contributed by atoms with E-state index in [0.29, 0.717) is 17.8 Å². The molecule has 0 aromatic heterocycles. The summed E-state index contributed by atoms with van der Waals surface area (Å²) in [7, 11) is 1.59. The van der Waals surface area contributed by atoms with Crippen molar-refractivity contribution in [3.05, 3.63) is 59.1 Å². The topological polar surface area (TPSA) is 64.7 Å². The summed E-state index contributed by atoms with van der Waals surface area (Å²) in [5, 5.41) is 6.18. The Labute approximate surface area is 164 Å². The van der Waals surface area contributed by atoms with E-state index in [9.17, 15) is 9.59 Å². The van der Waals surface area contributed by atoms with E-state index in [2.05, 4.69) is 26.5 Å². The van der Waals surface area contributed by atoms with E-state index in [-0.39, 0.29) is 11.8 Å². The first-order valence-electron chi connectivity index (χ1n) is 8.90. The average molecular weight is 387 g/mol. The van der Waals surface area contributed by atoms with Crippen LogP contribution < -0.4 is 15.5 Å². The van der Waals surface area contributed by atoms with E-state index in [4.69, 9.17) is 11.6 Å². The maximum absolute atomic E-state index is 12.3. The number of rotatable bonds is 5. The predicted octanol–water partition coefficient (Wildman–Crippen LogP) is 2.46. The molecule has 0 spiro atoms. The lowest BCUT2D eigenvalue weighted by atomic mass is 10.2. The molecule has 1 saturated heterocycles. The first-order chi connectivity index (χ1) is 13.0. The molecule has 2 N–H and O–H groups in total. The molecule has 142 valence electrons. The van der Waals surface area contributed by atoms with Crippen molar-refractivity contribution in [1.82, 2.24) is 10.2 Å². The Balaban J connectivity index is 1.47. The molecular formula is C20H23ClN4O2. The number of hydrogen-bond donors (Lipinski definition) is 2. The maximum atomic E-state index is 12.3. The number of anilines is 2. The summed E-state index contributed by atoms with van der Waals surface area (Å²) in [6.07, 6.45) is 0. The van der Waals surface area contributed by atoms with Gasteiger partial charge in [0.25, 0.3) is 5.91 Å². The minimum absolute atomic E-state index is 0.0566. The van der Waals surface area contributed by atoms with Crippen molar-refractivity contribution in [2.75, 3.05) is 50.0 Å². The predicted molar refractivity (Wildman–Crippen MR) is 109 cm³/mol. The van der Waals surface area contributed by atoms with Crippen LogP contribution in [-0.4, -0.2) is 56.5 Å². The van der Waals surface area contributed by atoms with Gasteiger partial charge in [-0.3, -0.25) is 14.5 Å². The number of halogens is 1. The zero-order chi connectivity index (χ0) is 19.2. The van der Waals surface area contributed by atoms with Crippen LogP contribution in [0.2, 0.25) is 5.02 Å². The van der Waals surface area contributed by atoms with Crippen LogP contribution >= 0.6 is 11.6 Å². The largest absolute Gasteiger partial charge is 0.369 e. The number of benzene rings is 2. The number of hydrogen-bond acceptors (Lipinski definition) is 4. The van der Waals surface area contributed by atoms with Gasteiger partial charge in [-0.05, 0) is 42.5 Å². The van der Waals surface area contributed by atoms with Crippen molar-refractivity contribution in [2.45, 2.75) is 0 Å². The molecule has 2 aromatic rings. The molecule has 6 nitrogen and oxygen atoms in total. The molecule has 0 atom stereocenters. The quantitative estimate of drug-likeness (QED) is 0.828. The third-order valence-corrected chi connectivity index (χ3v) is 4.81. The summed E-state index contributed by atoms with van der Waals surface area (Å²) in [6, 6.07) is 14.7. The summed E-state index contributed by atoms with van der Waals surface area (Å²) in [5.41, 5.74) is 2.36. The molecule has 1 aliphatic heterocycles. The second-order valence-corrected chi connectivity index (χ2v) is 6.88. The Bertz CT molecular complexity index is 802. The summed E-state index contributed by atoms with van der Waals surface area (Å²) in [4.78, 5) is 28.2. The lowest BCUT2D eigenvalue weighted by Gasteiger charge is -2.35. The molecule has 0 radical (unpaired) electrons. The van der Waals surface area contributed by atoms with E-state index >= 15 is 0 Å². The first-order valence-corrected chi connectivity index (χ1v) is 9.28. The van der Waals surface area contributed by atoms with Gasteiger partial charge in [0.15, 0.2) is 0 Å². The number of amides is 2. The van der Waals surface area contributed by atoms with Crippen LogP contribution in [0.3, 0.4) is 0 Å². The number of nitrogens with zero attached hydrogens (tertiary/aromatic N) is 2. The molecule has 0 unspecified atom stereocenters. The minimum atomic E-state index is -0.148. The van der Waals surface area contributed by atoms with Gasteiger partial charge in [-0.15, -0.1) is 0 Å². The van der Waals surface area contributed by atoms with Crippen molar-refractivity contribution in [3.8, 4) is 0 Å². The molecule has 2 amide bonds. The number of carbonyl (C=O) groups excluding carboxylic acids is 2. The second kappa shape index (κ2) is 8.88. The lowest BCUT2D eigenvalue weighted by molar-refractivity contribution is -0.117.